The van der Waals surface area contributed by atoms with E-state index in [-0.39, 0.29) is 12.6 Å². The number of aromatic nitrogens is 2. The number of hydrogen-bond acceptors (Lipinski definition) is 3. The van der Waals surface area contributed by atoms with Gasteiger partial charge in [-0.2, -0.15) is 5.10 Å². The SMILES string of the molecule is CC[C@H](CO)NCc1cn(C)nc1C(C)C. The van der Waals surface area contributed by atoms with Crippen molar-refractivity contribution >= 4 is 0 Å². The lowest BCUT2D eigenvalue weighted by atomic mass is 10.1. The van der Waals surface area contributed by atoms with Gasteiger partial charge in [0, 0.05) is 31.4 Å². The van der Waals surface area contributed by atoms with Crippen LogP contribution in [0.4, 0.5) is 0 Å². The van der Waals surface area contributed by atoms with Crippen LogP contribution in [0.1, 0.15) is 44.4 Å². The number of nitrogens with zero attached hydrogens (tertiary/aromatic N) is 2. The fourth-order valence-corrected chi connectivity index (χ4v) is 1.77. The van der Waals surface area contributed by atoms with Crippen molar-refractivity contribution in [1.82, 2.24) is 15.1 Å². The molecule has 0 amide bonds. The zero-order valence-electron chi connectivity index (χ0n) is 10.7. The topological polar surface area (TPSA) is 50.1 Å². The van der Waals surface area contributed by atoms with Crippen LogP contribution in [0.3, 0.4) is 0 Å². The van der Waals surface area contributed by atoms with Gasteiger partial charge in [-0.15, -0.1) is 0 Å². The molecule has 1 atom stereocenters. The van der Waals surface area contributed by atoms with E-state index in [2.05, 4.69) is 31.2 Å². The first-order valence-electron chi connectivity index (χ1n) is 5.95. The van der Waals surface area contributed by atoms with Crippen molar-refractivity contribution in [3.05, 3.63) is 17.5 Å². The van der Waals surface area contributed by atoms with Crippen LogP contribution in [0, 0.1) is 0 Å². The van der Waals surface area contributed by atoms with Crippen molar-refractivity contribution in [1.29, 1.82) is 0 Å². The average Bonchev–Trinajstić information content (AvgIpc) is 2.61. The molecule has 0 saturated heterocycles. The van der Waals surface area contributed by atoms with Crippen LogP contribution in [-0.4, -0.2) is 27.5 Å². The van der Waals surface area contributed by atoms with Gasteiger partial charge in [-0.3, -0.25) is 4.68 Å². The number of aliphatic hydroxyl groups is 1. The first-order valence-corrected chi connectivity index (χ1v) is 5.95. The van der Waals surface area contributed by atoms with E-state index in [1.165, 1.54) is 5.56 Å². The molecule has 1 aromatic heterocycles. The maximum atomic E-state index is 9.10. The minimum atomic E-state index is 0.181. The van der Waals surface area contributed by atoms with Crippen molar-refractivity contribution in [2.75, 3.05) is 6.61 Å². The Balaban J connectivity index is 2.65. The second-order valence-corrected chi connectivity index (χ2v) is 4.54. The number of hydrogen-bond donors (Lipinski definition) is 2. The van der Waals surface area contributed by atoms with E-state index in [9.17, 15) is 0 Å². The molecule has 0 radical (unpaired) electrons. The molecule has 0 bridgehead atoms. The van der Waals surface area contributed by atoms with Gasteiger partial charge in [0.1, 0.15) is 0 Å². The monoisotopic (exact) mass is 225 g/mol. The zero-order valence-corrected chi connectivity index (χ0v) is 10.7. The highest BCUT2D eigenvalue weighted by atomic mass is 16.3. The van der Waals surface area contributed by atoms with Gasteiger partial charge in [0.25, 0.3) is 0 Å². The number of nitrogens with one attached hydrogen (secondary N) is 1. The summed E-state index contributed by atoms with van der Waals surface area (Å²) in [7, 11) is 1.94. The Bertz CT molecular complexity index is 316. The quantitative estimate of drug-likeness (QED) is 0.769. The third kappa shape index (κ3) is 3.32. The van der Waals surface area contributed by atoms with Crippen molar-refractivity contribution < 1.29 is 5.11 Å². The molecule has 16 heavy (non-hydrogen) atoms. The molecule has 0 aliphatic heterocycles. The Kier molecular flexibility index (Phi) is 4.96. The Morgan fingerprint density at radius 1 is 1.50 bits per heavy atom. The van der Waals surface area contributed by atoms with Gasteiger partial charge >= 0.3 is 0 Å². The van der Waals surface area contributed by atoms with E-state index in [0.717, 1.165) is 18.7 Å². The lowest BCUT2D eigenvalue weighted by Crippen LogP contribution is -2.31. The lowest BCUT2D eigenvalue weighted by molar-refractivity contribution is 0.238. The molecule has 0 aliphatic carbocycles. The van der Waals surface area contributed by atoms with Crippen LogP contribution < -0.4 is 5.32 Å². The molecule has 4 nitrogen and oxygen atoms in total. The van der Waals surface area contributed by atoms with Gasteiger partial charge in [-0.1, -0.05) is 20.8 Å². The van der Waals surface area contributed by atoms with Crippen LogP contribution in [0.2, 0.25) is 0 Å². The number of rotatable bonds is 6. The van der Waals surface area contributed by atoms with E-state index in [1.807, 2.05) is 17.9 Å². The van der Waals surface area contributed by atoms with Crippen molar-refractivity contribution in [3.8, 4) is 0 Å². The predicted octanol–water partition coefficient (Wildman–Crippen LogP) is 1.40. The number of aryl methyl sites for hydroxylation is 1. The summed E-state index contributed by atoms with van der Waals surface area (Å²) >= 11 is 0. The summed E-state index contributed by atoms with van der Waals surface area (Å²) in [5, 5.41) is 16.9. The predicted molar refractivity (Wildman–Crippen MR) is 65.3 cm³/mol. The Morgan fingerprint density at radius 3 is 2.69 bits per heavy atom. The van der Waals surface area contributed by atoms with E-state index in [0.29, 0.717) is 5.92 Å². The minimum absolute atomic E-state index is 0.181. The minimum Gasteiger partial charge on any atom is -0.395 e. The first-order chi connectivity index (χ1) is 7.58. The van der Waals surface area contributed by atoms with Crippen LogP contribution >= 0.6 is 0 Å². The van der Waals surface area contributed by atoms with Gasteiger partial charge in [-0.25, -0.2) is 0 Å². The number of aliphatic hydroxyl groups excluding tert-OH is 1. The standard InChI is InChI=1S/C12H23N3O/c1-5-11(8-16)13-6-10-7-15(4)14-12(10)9(2)3/h7,9,11,13,16H,5-6,8H2,1-4H3/t11-/m1/s1. The fourth-order valence-electron chi connectivity index (χ4n) is 1.77. The highest BCUT2D eigenvalue weighted by Gasteiger charge is 2.12. The van der Waals surface area contributed by atoms with Crippen molar-refractivity contribution in [2.45, 2.75) is 45.7 Å². The molecule has 4 heteroatoms. The molecule has 1 aromatic rings. The van der Waals surface area contributed by atoms with E-state index in [1.54, 1.807) is 0 Å². The van der Waals surface area contributed by atoms with E-state index >= 15 is 0 Å². The average molecular weight is 225 g/mol. The Morgan fingerprint density at radius 2 is 2.19 bits per heavy atom. The lowest BCUT2D eigenvalue weighted by Gasteiger charge is -2.14. The van der Waals surface area contributed by atoms with Crippen LogP contribution in [0.25, 0.3) is 0 Å². The summed E-state index contributed by atoms with van der Waals surface area (Å²) in [5.74, 6) is 0.437. The zero-order chi connectivity index (χ0) is 12.1. The molecule has 0 unspecified atom stereocenters. The molecule has 1 rings (SSSR count). The summed E-state index contributed by atoms with van der Waals surface area (Å²) in [6.07, 6.45) is 2.99. The van der Waals surface area contributed by atoms with Crippen molar-refractivity contribution in [2.24, 2.45) is 7.05 Å². The molecule has 0 fully saturated rings. The van der Waals surface area contributed by atoms with Gasteiger partial charge in [0.05, 0.1) is 12.3 Å². The molecular formula is C12H23N3O. The summed E-state index contributed by atoms with van der Waals surface area (Å²) in [6, 6.07) is 0.181. The molecule has 0 spiro atoms. The van der Waals surface area contributed by atoms with Crippen molar-refractivity contribution in [3.63, 3.8) is 0 Å². The molecule has 1 heterocycles. The maximum Gasteiger partial charge on any atom is 0.0694 e. The smallest absolute Gasteiger partial charge is 0.0694 e. The molecule has 0 saturated carbocycles. The third-order valence-corrected chi connectivity index (χ3v) is 2.78. The summed E-state index contributed by atoms with van der Waals surface area (Å²) in [6.45, 7) is 7.33. The molecule has 0 aliphatic rings. The van der Waals surface area contributed by atoms with Crippen LogP contribution in [0.15, 0.2) is 6.20 Å². The molecular weight excluding hydrogens is 202 g/mol. The highest BCUT2D eigenvalue weighted by molar-refractivity contribution is 5.20. The molecule has 2 N–H and O–H groups in total. The second-order valence-electron chi connectivity index (χ2n) is 4.54. The van der Waals surface area contributed by atoms with Gasteiger partial charge in [-0.05, 0) is 12.3 Å². The Labute approximate surface area is 97.7 Å². The van der Waals surface area contributed by atoms with Gasteiger partial charge in [0.2, 0.25) is 0 Å². The van der Waals surface area contributed by atoms with Crippen LogP contribution in [0.5, 0.6) is 0 Å². The molecule has 0 aromatic carbocycles. The van der Waals surface area contributed by atoms with E-state index < -0.39 is 0 Å². The summed E-state index contributed by atoms with van der Waals surface area (Å²) in [4.78, 5) is 0. The maximum absolute atomic E-state index is 9.10. The molecule has 92 valence electrons. The second kappa shape index (κ2) is 6.01. The normalized spacial score (nSPS) is 13.4. The third-order valence-electron chi connectivity index (χ3n) is 2.78. The largest absolute Gasteiger partial charge is 0.395 e. The van der Waals surface area contributed by atoms with E-state index in [4.69, 9.17) is 5.11 Å². The Hall–Kier alpha value is -0.870. The van der Waals surface area contributed by atoms with Crippen LogP contribution in [-0.2, 0) is 13.6 Å². The summed E-state index contributed by atoms with van der Waals surface area (Å²) < 4.78 is 1.85. The summed E-state index contributed by atoms with van der Waals surface area (Å²) in [5.41, 5.74) is 2.37. The van der Waals surface area contributed by atoms with Gasteiger partial charge < -0.3 is 10.4 Å². The van der Waals surface area contributed by atoms with Gasteiger partial charge in [0.15, 0.2) is 0 Å². The highest BCUT2D eigenvalue weighted by Crippen LogP contribution is 2.17. The first kappa shape index (κ1) is 13.2. The fraction of sp³-hybridized carbons (Fsp3) is 0.750.